The first-order valence-corrected chi connectivity index (χ1v) is 9.91. The van der Waals surface area contributed by atoms with Crippen LogP contribution >= 0.6 is 0 Å². The van der Waals surface area contributed by atoms with Crippen LogP contribution in [0.5, 0.6) is 0 Å². The molecule has 1 fully saturated rings. The van der Waals surface area contributed by atoms with Crippen LogP contribution in [-0.4, -0.2) is 38.1 Å². The van der Waals surface area contributed by atoms with Crippen LogP contribution in [-0.2, 0) is 22.7 Å². The predicted molar refractivity (Wildman–Crippen MR) is 111 cm³/mol. The molecular formula is C22H21N5O3. The lowest BCUT2D eigenvalue weighted by Gasteiger charge is -2.39. The summed E-state index contributed by atoms with van der Waals surface area (Å²) in [5.74, 6) is -0.188. The Morgan fingerprint density at radius 2 is 2.00 bits per heavy atom. The SMILES string of the molecule is CC1(N2Cc3cc(CNc4nc5ccccc5[nH]4)ccc3C2=O)CCC(=O)NC1=O. The molecule has 1 unspecified atom stereocenters. The topological polar surface area (TPSA) is 107 Å². The number of carbonyl (C=O) groups is 3. The number of amides is 3. The van der Waals surface area contributed by atoms with E-state index in [9.17, 15) is 14.4 Å². The third kappa shape index (κ3) is 2.92. The first-order valence-electron chi connectivity index (χ1n) is 9.91. The third-order valence-electron chi connectivity index (χ3n) is 6.00. The van der Waals surface area contributed by atoms with Gasteiger partial charge in [0.25, 0.3) is 11.8 Å². The minimum atomic E-state index is -1.02. The summed E-state index contributed by atoms with van der Waals surface area (Å²) >= 11 is 0. The second-order valence-corrected chi connectivity index (χ2v) is 7.99. The molecule has 30 heavy (non-hydrogen) atoms. The third-order valence-corrected chi connectivity index (χ3v) is 6.00. The van der Waals surface area contributed by atoms with Gasteiger partial charge in [0.15, 0.2) is 0 Å². The van der Waals surface area contributed by atoms with Crippen LogP contribution in [0.2, 0.25) is 0 Å². The van der Waals surface area contributed by atoms with Gasteiger partial charge in [0.2, 0.25) is 11.9 Å². The quantitative estimate of drug-likeness (QED) is 0.580. The van der Waals surface area contributed by atoms with Gasteiger partial charge in [-0.2, -0.15) is 0 Å². The summed E-state index contributed by atoms with van der Waals surface area (Å²) in [7, 11) is 0. The Labute approximate surface area is 172 Å². The van der Waals surface area contributed by atoms with Gasteiger partial charge < -0.3 is 15.2 Å². The van der Waals surface area contributed by atoms with Crippen molar-refractivity contribution in [2.24, 2.45) is 0 Å². The molecule has 2 aliphatic rings. The highest BCUT2D eigenvalue weighted by molar-refractivity contribution is 6.07. The van der Waals surface area contributed by atoms with Crippen molar-refractivity contribution < 1.29 is 14.4 Å². The Kier molecular flexibility index (Phi) is 4.09. The van der Waals surface area contributed by atoms with Gasteiger partial charge in [-0.3, -0.25) is 19.7 Å². The largest absolute Gasteiger partial charge is 0.352 e. The Morgan fingerprint density at radius 3 is 2.80 bits per heavy atom. The summed E-state index contributed by atoms with van der Waals surface area (Å²) in [6, 6.07) is 13.5. The van der Waals surface area contributed by atoms with E-state index in [1.54, 1.807) is 11.8 Å². The lowest BCUT2D eigenvalue weighted by atomic mass is 9.89. The molecule has 3 aromatic rings. The lowest BCUT2D eigenvalue weighted by molar-refractivity contribution is -0.142. The molecule has 3 heterocycles. The number of benzene rings is 2. The molecule has 1 aromatic heterocycles. The number of imide groups is 1. The van der Waals surface area contributed by atoms with Crippen LogP contribution in [0.25, 0.3) is 11.0 Å². The van der Waals surface area contributed by atoms with E-state index in [0.29, 0.717) is 31.0 Å². The van der Waals surface area contributed by atoms with Gasteiger partial charge in [-0.05, 0) is 42.7 Å². The lowest BCUT2D eigenvalue weighted by Crippen LogP contribution is -2.61. The van der Waals surface area contributed by atoms with Crippen molar-refractivity contribution in [3.8, 4) is 0 Å². The summed E-state index contributed by atoms with van der Waals surface area (Å²) in [4.78, 5) is 46.2. The van der Waals surface area contributed by atoms with Gasteiger partial charge in [-0.1, -0.05) is 24.3 Å². The predicted octanol–water partition coefficient (Wildman–Crippen LogP) is 2.33. The van der Waals surface area contributed by atoms with Gasteiger partial charge in [-0.25, -0.2) is 4.98 Å². The molecular weight excluding hydrogens is 382 g/mol. The molecule has 2 aromatic carbocycles. The molecule has 5 rings (SSSR count). The number of hydrogen-bond donors (Lipinski definition) is 3. The summed E-state index contributed by atoms with van der Waals surface area (Å²) in [6.45, 7) is 2.63. The number of piperidine rings is 1. The van der Waals surface area contributed by atoms with Crippen molar-refractivity contribution in [2.75, 3.05) is 5.32 Å². The van der Waals surface area contributed by atoms with E-state index in [1.807, 2.05) is 42.5 Å². The second-order valence-electron chi connectivity index (χ2n) is 7.99. The number of anilines is 1. The molecule has 1 atom stereocenters. The number of rotatable bonds is 4. The van der Waals surface area contributed by atoms with Crippen LogP contribution < -0.4 is 10.6 Å². The number of para-hydroxylation sites is 2. The fourth-order valence-electron chi connectivity index (χ4n) is 4.16. The molecule has 0 bridgehead atoms. The summed E-state index contributed by atoms with van der Waals surface area (Å²) in [5, 5.41) is 5.64. The number of fused-ring (bicyclic) bond motifs is 2. The molecule has 8 nitrogen and oxygen atoms in total. The van der Waals surface area contributed by atoms with Gasteiger partial charge in [-0.15, -0.1) is 0 Å². The van der Waals surface area contributed by atoms with Crippen molar-refractivity contribution >= 4 is 34.7 Å². The van der Waals surface area contributed by atoms with Crippen molar-refractivity contribution in [2.45, 2.75) is 38.4 Å². The average Bonchev–Trinajstić information content (AvgIpc) is 3.30. The standard InChI is InChI=1S/C22H21N5O3/c1-22(9-8-18(28)26-20(22)30)27-12-14-10-13(6-7-15(14)19(27)29)11-23-21-24-16-4-2-3-5-17(16)25-21/h2-7,10H,8-9,11-12H2,1H3,(H2,23,24,25)(H,26,28,30). The van der Waals surface area contributed by atoms with Crippen molar-refractivity contribution in [3.63, 3.8) is 0 Å². The van der Waals surface area contributed by atoms with Crippen molar-refractivity contribution in [1.82, 2.24) is 20.2 Å². The maximum Gasteiger partial charge on any atom is 0.255 e. The van der Waals surface area contributed by atoms with Gasteiger partial charge >= 0.3 is 0 Å². The highest BCUT2D eigenvalue weighted by Gasteiger charge is 2.48. The molecule has 0 aliphatic carbocycles. The normalized spacial score (nSPS) is 21.1. The Balaban J connectivity index is 1.33. The Bertz CT molecular complexity index is 1170. The monoisotopic (exact) mass is 403 g/mol. The summed E-state index contributed by atoms with van der Waals surface area (Å²) < 4.78 is 0. The first kappa shape index (κ1) is 18.4. The zero-order chi connectivity index (χ0) is 20.9. The van der Waals surface area contributed by atoms with Crippen LogP contribution in [0, 0.1) is 0 Å². The maximum atomic E-state index is 12.9. The molecule has 152 valence electrons. The minimum Gasteiger partial charge on any atom is -0.352 e. The van der Waals surface area contributed by atoms with Gasteiger partial charge in [0, 0.05) is 25.1 Å². The molecule has 3 amide bonds. The number of hydrogen-bond acceptors (Lipinski definition) is 5. The summed E-state index contributed by atoms with van der Waals surface area (Å²) in [6.07, 6.45) is 0.562. The van der Waals surface area contributed by atoms with Crippen molar-refractivity contribution in [3.05, 3.63) is 59.2 Å². The fraction of sp³-hybridized carbons (Fsp3) is 0.273. The molecule has 2 aliphatic heterocycles. The molecule has 0 radical (unpaired) electrons. The van der Waals surface area contributed by atoms with E-state index in [-0.39, 0.29) is 18.2 Å². The average molecular weight is 403 g/mol. The van der Waals surface area contributed by atoms with Crippen LogP contribution in [0.1, 0.15) is 41.3 Å². The van der Waals surface area contributed by atoms with E-state index in [0.717, 1.165) is 22.2 Å². The number of aromatic nitrogens is 2. The smallest absolute Gasteiger partial charge is 0.255 e. The van der Waals surface area contributed by atoms with E-state index >= 15 is 0 Å². The summed E-state index contributed by atoms with van der Waals surface area (Å²) in [5.41, 5.74) is 3.34. The second kappa shape index (κ2) is 6.69. The highest BCUT2D eigenvalue weighted by Crippen LogP contribution is 2.34. The van der Waals surface area contributed by atoms with E-state index in [4.69, 9.17) is 0 Å². The zero-order valence-corrected chi connectivity index (χ0v) is 16.5. The fourth-order valence-corrected chi connectivity index (χ4v) is 4.16. The Morgan fingerprint density at radius 1 is 1.17 bits per heavy atom. The van der Waals surface area contributed by atoms with Crippen molar-refractivity contribution in [1.29, 1.82) is 0 Å². The minimum absolute atomic E-state index is 0.172. The van der Waals surface area contributed by atoms with Crippen LogP contribution in [0.4, 0.5) is 5.95 Å². The first-order chi connectivity index (χ1) is 14.4. The van der Waals surface area contributed by atoms with Gasteiger partial charge in [0.05, 0.1) is 11.0 Å². The number of aromatic amines is 1. The highest BCUT2D eigenvalue weighted by atomic mass is 16.2. The van der Waals surface area contributed by atoms with E-state index < -0.39 is 11.4 Å². The van der Waals surface area contributed by atoms with Gasteiger partial charge in [0.1, 0.15) is 5.54 Å². The number of carbonyl (C=O) groups excluding carboxylic acids is 3. The van der Waals surface area contributed by atoms with Crippen LogP contribution in [0.15, 0.2) is 42.5 Å². The number of imidazole rings is 1. The molecule has 3 N–H and O–H groups in total. The number of H-pyrrole nitrogens is 1. The van der Waals surface area contributed by atoms with Crippen LogP contribution in [0.3, 0.4) is 0 Å². The molecule has 0 saturated carbocycles. The zero-order valence-electron chi connectivity index (χ0n) is 16.5. The molecule has 1 saturated heterocycles. The molecule has 0 spiro atoms. The van der Waals surface area contributed by atoms with E-state index in [2.05, 4.69) is 20.6 Å². The Hall–Kier alpha value is -3.68. The molecule has 8 heteroatoms. The maximum absolute atomic E-state index is 12.9. The number of nitrogens with zero attached hydrogens (tertiary/aromatic N) is 2. The number of nitrogens with one attached hydrogen (secondary N) is 3. The van der Waals surface area contributed by atoms with E-state index in [1.165, 1.54) is 0 Å².